The van der Waals surface area contributed by atoms with Gasteiger partial charge in [0.2, 0.25) is 0 Å². The summed E-state index contributed by atoms with van der Waals surface area (Å²) in [4.78, 5) is 23.7. The van der Waals surface area contributed by atoms with Crippen LogP contribution in [0.15, 0.2) is 72.8 Å². The Morgan fingerprint density at radius 1 is 0.929 bits per heavy atom. The zero-order valence-electron chi connectivity index (χ0n) is 15.7. The molecule has 0 unspecified atom stereocenters. The summed E-state index contributed by atoms with van der Waals surface area (Å²) in [5.74, 6) is -0.268. The quantitative estimate of drug-likeness (QED) is 0.282. The van der Waals surface area contributed by atoms with Crippen molar-refractivity contribution in [2.75, 3.05) is 5.32 Å². The van der Waals surface area contributed by atoms with Gasteiger partial charge in [0.05, 0.1) is 4.92 Å². The average Bonchev–Trinajstić information content (AvgIpc) is 2.70. The van der Waals surface area contributed by atoms with E-state index in [-0.39, 0.29) is 11.6 Å². The van der Waals surface area contributed by atoms with E-state index in [2.05, 4.69) is 5.32 Å². The highest BCUT2D eigenvalue weighted by atomic mass is 16.6. The van der Waals surface area contributed by atoms with E-state index >= 15 is 0 Å². The zero-order valence-corrected chi connectivity index (χ0v) is 15.7. The maximum atomic E-state index is 13.1. The lowest BCUT2D eigenvalue weighted by molar-refractivity contribution is -0.384. The molecule has 3 aromatic rings. The van der Waals surface area contributed by atoms with Gasteiger partial charge in [-0.1, -0.05) is 60.7 Å². The lowest BCUT2D eigenvalue weighted by atomic mass is 10.0. The SMILES string of the molecule is Cc1cccc(C)c1NC(=O)/C(=C/c1cccc([N+](=O)[O-])c1)c1ccccc1. The summed E-state index contributed by atoms with van der Waals surface area (Å²) in [5.41, 5.74) is 4.45. The maximum absolute atomic E-state index is 13.1. The van der Waals surface area contributed by atoms with Crippen molar-refractivity contribution in [2.24, 2.45) is 0 Å². The summed E-state index contributed by atoms with van der Waals surface area (Å²) in [6, 6.07) is 21.3. The molecule has 1 N–H and O–H groups in total. The monoisotopic (exact) mass is 372 g/mol. The van der Waals surface area contributed by atoms with Crippen LogP contribution in [0.2, 0.25) is 0 Å². The fraction of sp³-hybridized carbons (Fsp3) is 0.0870. The molecule has 140 valence electrons. The number of para-hydroxylation sites is 1. The zero-order chi connectivity index (χ0) is 20.1. The molecule has 1 amide bonds. The normalized spacial score (nSPS) is 11.1. The van der Waals surface area contributed by atoms with Crippen molar-refractivity contribution in [3.8, 4) is 0 Å². The van der Waals surface area contributed by atoms with Crippen molar-refractivity contribution >= 4 is 28.9 Å². The molecule has 0 saturated heterocycles. The van der Waals surface area contributed by atoms with Crippen LogP contribution < -0.4 is 5.32 Å². The molecule has 0 saturated carbocycles. The van der Waals surface area contributed by atoms with Crippen molar-refractivity contribution in [1.29, 1.82) is 0 Å². The molecule has 0 fully saturated rings. The molecular weight excluding hydrogens is 352 g/mol. The van der Waals surface area contributed by atoms with E-state index in [4.69, 9.17) is 0 Å². The van der Waals surface area contributed by atoms with Crippen LogP contribution in [0.1, 0.15) is 22.3 Å². The number of nitro benzene ring substituents is 1. The van der Waals surface area contributed by atoms with Crippen LogP contribution in [-0.4, -0.2) is 10.8 Å². The Morgan fingerprint density at radius 2 is 1.57 bits per heavy atom. The smallest absolute Gasteiger partial charge is 0.270 e. The third-order valence-electron chi connectivity index (χ3n) is 4.44. The molecule has 0 spiro atoms. The van der Waals surface area contributed by atoms with E-state index < -0.39 is 4.92 Å². The molecule has 5 heteroatoms. The number of nitro groups is 1. The van der Waals surface area contributed by atoms with Crippen LogP contribution in [0.4, 0.5) is 11.4 Å². The highest BCUT2D eigenvalue weighted by Gasteiger charge is 2.15. The van der Waals surface area contributed by atoms with Crippen LogP contribution in [-0.2, 0) is 4.79 Å². The van der Waals surface area contributed by atoms with Gasteiger partial charge < -0.3 is 5.32 Å². The molecule has 3 rings (SSSR count). The van der Waals surface area contributed by atoms with Crippen LogP contribution in [0.5, 0.6) is 0 Å². The molecule has 28 heavy (non-hydrogen) atoms. The summed E-state index contributed by atoms with van der Waals surface area (Å²) in [6.07, 6.45) is 1.67. The molecule has 0 atom stereocenters. The Morgan fingerprint density at radius 3 is 2.21 bits per heavy atom. The minimum Gasteiger partial charge on any atom is -0.321 e. The van der Waals surface area contributed by atoms with Gasteiger partial charge in [-0.15, -0.1) is 0 Å². The summed E-state index contributed by atoms with van der Waals surface area (Å²) in [6.45, 7) is 3.88. The number of amides is 1. The molecule has 0 aliphatic carbocycles. The van der Waals surface area contributed by atoms with E-state index in [0.717, 1.165) is 22.4 Å². The van der Waals surface area contributed by atoms with E-state index in [1.807, 2.05) is 62.4 Å². The van der Waals surface area contributed by atoms with Crippen LogP contribution >= 0.6 is 0 Å². The number of hydrogen-bond acceptors (Lipinski definition) is 3. The molecule has 5 nitrogen and oxygen atoms in total. The number of nitrogens with zero attached hydrogens (tertiary/aromatic N) is 1. The van der Waals surface area contributed by atoms with Crippen LogP contribution in [0, 0.1) is 24.0 Å². The minimum atomic E-state index is -0.448. The second-order valence-corrected chi connectivity index (χ2v) is 6.50. The summed E-state index contributed by atoms with van der Waals surface area (Å²) in [5, 5.41) is 14.1. The first kappa shape index (κ1) is 19.0. The van der Waals surface area contributed by atoms with Gasteiger partial charge >= 0.3 is 0 Å². The fourth-order valence-electron chi connectivity index (χ4n) is 2.98. The Kier molecular flexibility index (Phi) is 5.65. The van der Waals surface area contributed by atoms with Crippen LogP contribution in [0.3, 0.4) is 0 Å². The fourth-order valence-corrected chi connectivity index (χ4v) is 2.98. The highest BCUT2D eigenvalue weighted by molar-refractivity contribution is 6.29. The van der Waals surface area contributed by atoms with Crippen molar-refractivity contribution < 1.29 is 9.72 Å². The van der Waals surface area contributed by atoms with Crippen molar-refractivity contribution in [3.63, 3.8) is 0 Å². The molecule has 0 aromatic heterocycles. The highest BCUT2D eigenvalue weighted by Crippen LogP contribution is 2.25. The number of carbonyl (C=O) groups is 1. The van der Waals surface area contributed by atoms with Crippen molar-refractivity contribution in [3.05, 3.63) is 105 Å². The lowest BCUT2D eigenvalue weighted by Crippen LogP contribution is -2.15. The van der Waals surface area contributed by atoms with E-state index in [1.165, 1.54) is 12.1 Å². The summed E-state index contributed by atoms with van der Waals surface area (Å²) >= 11 is 0. The number of rotatable bonds is 5. The molecule has 0 aliphatic rings. The molecule has 0 radical (unpaired) electrons. The topological polar surface area (TPSA) is 72.2 Å². The Balaban J connectivity index is 2.04. The average molecular weight is 372 g/mol. The predicted octanol–water partition coefficient (Wildman–Crippen LogP) is 5.39. The third-order valence-corrected chi connectivity index (χ3v) is 4.44. The van der Waals surface area contributed by atoms with Crippen molar-refractivity contribution in [2.45, 2.75) is 13.8 Å². The van der Waals surface area contributed by atoms with E-state index in [1.54, 1.807) is 18.2 Å². The van der Waals surface area contributed by atoms with Crippen molar-refractivity contribution in [1.82, 2.24) is 0 Å². The number of hydrogen-bond donors (Lipinski definition) is 1. The van der Waals surface area contributed by atoms with Gasteiger partial charge in [-0.05, 0) is 42.2 Å². The Labute approximate surface area is 163 Å². The summed E-state index contributed by atoms with van der Waals surface area (Å²) < 4.78 is 0. The van der Waals surface area contributed by atoms with Gasteiger partial charge in [0, 0.05) is 23.4 Å². The van der Waals surface area contributed by atoms with E-state index in [0.29, 0.717) is 11.1 Å². The van der Waals surface area contributed by atoms with Gasteiger partial charge in [0.25, 0.3) is 11.6 Å². The van der Waals surface area contributed by atoms with Gasteiger partial charge in [-0.2, -0.15) is 0 Å². The molecular formula is C23H20N2O3. The second kappa shape index (κ2) is 8.31. The number of carbonyl (C=O) groups excluding carboxylic acids is 1. The number of non-ortho nitro benzene ring substituents is 1. The second-order valence-electron chi connectivity index (χ2n) is 6.50. The molecule has 0 heterocycles. The maximum Gasteiger partial charge on any atom is 0.270 e. The van der Waals surface area contributed by atoms with Gasteiger partial charge in [-0.25, -0.2) is 0 Å². The number of benzene rings is 3. The Bertz CT molecular complexity index is 1040. The number of nitrogens with one attached hydrogen (secondary N) is 1. The Hall–Kier alpha value is -3.73. The van der Waals surface area contributed by atoms with Gasteiger partial charge in [-0.3, -0.25) is 14.9 Å². The first-order valence-corrected chi connectivity index (χ1v) is 8.85. The number of anilines is 1. The lowest BCUT2D eigenvalue weighted by Gasteiger charge is -2.14. The first-order valence-electron chi connectivity index (χ1n) is 8.85. The largest absolute Gasteiger partial charge is 0.321 e. The molecule has 0 aliphatic heterocycles. The molecule has 3 aromatic carbocycles. The van der Waals surface area contributed by atoms with E-state index in [9.17, 15) is 14.9 Å². The minimum absolute atomic E-state index is 0.0173. The first-order chi connectivity index (χ1) is 13.5. The predicted molar refractivity (Wildman–Crippen MR) is 112 cm³/mol. The molecule has 0 bridgehead atoms. The van der Waals surface area contributed by atoms with Gasteiger partial charge in [0.1, 0.15) is 0 Å². The van der Waals surface area contributed by atoms with Gasteiger partial charge in [0.15, 0.2) is 0 Å². The number of aryl methyl sites for hydroxylation is 2. The third kappa shape index (κ3) is 4.32. The standard InChI is InChI=1S/C23H20N2O3/c1-16-8-6-9-17(2)22(16)24-23(26)21(19-11-4-3-5-12-19)15-18-10-7-13-20(14-18)25(27)28/h3-15H,1-2H3,(H,24,26)/b21-15+. The van der Waals surface area contributed by atoms with Crippen LogP contribution in [0.25, 0.3) is 11.6 Å². The summed E-state index contributed by atoms with van der Waals surface area (Å²) in [7, 11) is 0.